The van der Waals surface area contributed by atoms with Crippen molar-refractivity contribution in [3.8, 4) is 5.75 Å². The molecular formula is C26H37N3O3. The van der Waals surface area contributed by atoms with Gasteiger partial charge in [-0.15, -0.1) is 0 Å². The summed E-state index contributed by atoms with van der Waals surface area (Å²) in [5.41, 5.74) is 2.46. The van der Waals surface area contributed by atoms with E-state index in [0.29, 0.717) is 18.3 Å². The number of unbranched alkanes of at least 4 members (excludes halogenated alkanes) is 1. The number of carbonyl (C=O) groups is 2. The minimum absolute atomic E-state index is 0.0157. The van der Waals surface area contributed by atoms with Crippen LogP contribution in [0.4, 0.5) is 0 Å². The topological polar surface area (TPSA) is 64.1 Å². The number of nitrogens with zero attached hydrogens (tertiary/aromatic N) is 3. The Kier molecular flexibility index (Phi) is 6.51. The number of piperazine rings is 1. The molecule has 6 nitrogen and oxygen atoms in total. The number of imide groups is 1. The number of hydrogen-bond acceptors (Lipinski definition) is 5. The average molecular weight is 440 g/mol. The smallest absolute Gasteiger partial charge is 0.233 e. The fourth-order valence-electron chi connectivity index (χ4n) is 6.47. The molecule has 3 fully saturated rings. The molecule has 4 aliphatic rings. The van der Waals surface area contributed by atoms with E-state index in [1.807, 2.05) is 12.1 Å². The van der Waals surface area contributed by atoms with Gasteiger partial charge in [0.25, 0.3) is 0 Å². The van der Waals surface area contributed by atoms with Gasteiger partial charge in [0.05, 0.1) is 11.8 Å². The van der Waals surface area contributed by atoms with Crippen LogP contribution in [0, 0.1) is 11.8 Å². The molecule has 2 saturated heterocycles. The maximum absolute atomic E-state index is 12.6. The van der Waals surface area contributed by atoms with Crippen molar-refractivity contribution < 1.29 is 14.7 Å². The Balaban J connectivity index is 1.03. The summed E-state index contributed by atoms with van der Waals surface area (Å²) in [5, 5.41) is 10.2. The molecule has 1 aromatic rings. The lowest BCUT2D eigenvalue weighted by molar-refractivity contribution is -0.140. The summed E-state index contributed by atoms with van der Waals surface area (Å²) in [5.74, 6) is 0.637. The fraction of sp³-hybridized carbons (Fsp3) is 0.692. The molecule has 1 saturated carbocycles. The molecule has 3 unspecified atom stereocenters. The average Bonchev–Trinajstić information content (AvgIpc) is 3.07. The van der Waals surface area contributed by atoms with Gasteiger partial charge >= 0.3 is 0 Å². The van der Waals surface area contributed by atoms with E-state index in [0.717, 1.165) is 89.7 Å². The van der Waals surface area contributed by atoms with Gasteiger partial charge in [0.1, 0.15) is 5.75 Å². The third-order valence-electron chi connectivity index (χ3n) is 8.40. The standard InChI is InChI=1S/C26H37N3O3/c30-24-9-5-6-19-10-11-20(18-23(19)24)28-16-14-27(15-17-28)12-3-4-13-29-25(31)21-7-1-2-8-22(21)26(29)32/h5-6,9,20-22,30H,1-4,7-8,10-18H2. The molecule has 32 heavy (non-hydrogen) atoms. The lowest BCUT2D eigenvalue weighted by atomic mass is 9.81. The van der Waals surface area contributed by atoms with E-state index in [2.05, 4.69) is 15.9 Å². The first-order valence-corrected chi connectivity index (χ1v) is 12.7. The van der Waals surface area contributed by atoms with Crippen LogP contribution in [0.5, 0.6) is 5.75 Å². The van der Waals surface area contributed by atoms with Gasteiger partial charge in [-0.05, 0) is 68.7 Å². The molecule has 0 radical (unpaired) electrons. The third-order valence-corrected chi connectivity index (χ3v) is 8.40. The van der Waals surface area contributed by atoms with Crippen LogP contribution in [-0.4, -0.2) is 76.9 Å². The van der Waals surface area contributed by atoms with Crippen LogP contribution >= 0.6 is 0 Å². The molecule has 0 bridgehead atoms. The molecule has 2 aliphatic heterocycles. The predicted octanol–water partition coefficient (Wildman–Crippen LogP) is 2.82. The summed E-state index contributed by atoms with van der Waals surface area (Å²) < 4.78 is 0. The summed E-state index contributed by atoms with van der Waals surface area (Å²) in [6, 6.07) is 6.46. The number of fused-ring (bicyclic) bond motifs is 2. The summed E-state index contributed by atoms with van der Waals surface area (Å²) in [7, 11) is 0. The number of carbonyl (C=O) groups excluding carboxylic acids is 2. The second-order valence-electron chi connectivity index (χ2n) is 10.2. The first kappa shape index (κ1) is 21.9. The van der Waals surface area contributed by atoms with E-state index in [-0.39, 0.29) is 23.7 Å². The summed E-state index contributed by atoms with van der Waals surface area (Å²) in [6.07, 6.45) is 9.14. The molecule has 5 rings (SSSR count). The Morgan fingerprint density at radius 3 is 2.28 bits per heavy atom. The van der Waals surface area contributed by atoms with Crippen molar-refractivity contribution in [1.29, 1.82) is 0 Å². The van der Waals surface area contributed by atoms with E-state index in [4.69, 9.17) is 0 Å². The van der Waals surface area contributed by atoms with Gasteiger partial charge in [0, 0.05) is 38.8 Å². The van der Waals surface area contributed by atoms with E-state index in [1.165, 1.54) is 12.0 Å². The molecular weight excluding hydrogens is 402 g/mol. The number of aromatic hydroxyl groups is 1. The van der Waals surface area contributed by atoms with Crippen LogP contribution < -0.4 is 0 Å². The van der Waals surface area contributed by atoms with Crippen molar-refractivity contribution in [2.45, 2.75) is 63.8 Å². The molecule has 0 aromatic heterocycles. The molecule has 6 heteroatoms. The highest BCUT2D eigenvalue weighted by molar-refractivity contribution is 6.05. The third kappa shape index (κ3) is 4.32. The molecule has 2 heterocycles. The zero-order valence-electron chi connectivity index (χ0n) is 19.2. The fourth-order valence-corrected chi connectivity index (χ4v) is 6.47. The van der Waals surface area contributed by atoms with Crippen molar-refractivity contribution in [1.82, 2.24) is 14.7 Å². The summed E-state index contributed by atoms with van der Waals surface area (Å²) in [4.78, 5) is 31.9. The van der Waals surface area contributed by atoms with Crippen LogP contribution in [0.15, 0.2) is 18.2 Å². The Morgan fingerprint density at radius 2 is 1.56 bits per heavy atom. The van der Waals surface area contributed by atoms with Gasteiger partial charge in [0.15, 0.2) is 0 Å². The van der Waals surface area contributed by atoms with E-state index >= 15 is 0 Å². The van der Waals surface area contributed by atoms with Gasteiger partial charge in [-0.25, -0.2) is 0 Å². The highest BCUT2D eigenvalue weighted by Gasteiger charge is 2.47. The molecule has 0 spiro atoms. The molecule has 174 valence electrons. The second kappa shape index (κ2) is 9.52. The highest BCUT2D eigenvalue weighted by Crippen LogP contribution is 2.38. The number of phenolic OH excluding ortho intramolecular Hbond substituents is 1. The van der Waals surface area contributed by atoms with E-state index in [9.17, 15) is 14.7 Å². The maximum atomic E-state index is 12.6. The molecule has 2 amide bonds. The van der Waals surface area contributed by atoms with Crippen molar-refractivity contribution in [3.63, 3.8) is 0 Å². The minimum atomic E-state index is -0.0157. The number of hydrogen-bond donors (Lipinski definition) is 1. The van der Waals surface area contributed by atoms with Crippen LogP contribution in [0.3, 0.4) is 0 Å². The molecule has 1 N–H and O–H groups in total. The minimum Gasteiger partial charge on any atom is -0.508 e. The lowest BCUT2D eigenvalue weighted by Gasteiger charge is -2.41. The maximum Gasteiger partial charge on any atom is 0.233 e. The zero-order chi connectivity index (χ0) is 22.1. The van der Waals surface area contributed by atoms with E-state index < -0.39 is 0 Å². The number of amides is 2. The van der Waals surface area contributed by atoms with Gasteiger partial charge in [-0.2, -0.15) is 0 Å². The van der Waals surface area contributed by atoms with E-state index in [1.54, 1.807) is 4.90 Å². The Labute approximate surface area is 191 Å². The number of benzene rings is 1. The summed E-state index contributed by atoms with van der Waals surface area (Å²) in [6.45, 7) is 5.98. The van der Waals surface area contributed by atoms with Crippen molar-refractivity contribution in [3.05, 3.63) is 29.3 Å². The number of phenols is 1. The molecule has 3 atom stereocenters. The first-order chi connectivity index (χ1) is 15.6. The van der Waals surface area contributed by atoms with Crippen LogP contribution in [-0.2, 0) is 22.4 Å². The van der Waals surface area contributed by atoms with Gasteiger partial charge in [0.2, 0.25) is 11.8 Å². The monoisotopic (exact) mass is 439 g/mol. The SMILES string of the molecule is O=C1C2CCCCC2C(=O)N1CCCCN1CCN(C2CCc3cccc(O)c3C2)CC1. The van der Waals surface area contributed by atoms with Gasteiger partial charge in [-0.1, -0.05) is 25.0 Å². The second-order valence-corrected chi connectivity index (χ2v) is 10.2. The van der Waals surface area contributed by atoms with Gasteiger partial charge < -0.3 is 10.0 Å². The zero-order valence-corrected chi connectivity index (χ0v) is 19.2. The van der Waals surface area contributed by atoms with Crippen molar-refractivity contribution in [2.24, 2.45) is 11.8 Å². The normalized spacial score (nSPS) is 29.2. The van der Waals surface area contributed by atoms with Crippen LogP contribution in [0.2, 0.25) is 0 Å². The highest BCUT2D eigenvalue weighted by atomic mass is 16.3. The summed E-state index contributed by atoms with van der Waals surface area (Å²) >= 11 is 0. The number of rotatable bonds is 6. The molecule has 1 aromatic carbocycles. The van der Waals surface area contributed by atoms with Crippen molar-refractivity contribution in [2.75, 3.05) is 39.3 Å². The Morgan fingerprint density at radius 1 is 0.875 bits per heavy atom. The number of aryl methyl sites for hydroxylation is 1. The number of likely N-dealkylation sites (tertiary alicyclic amines) is 1. The lowest BCUT2D eigenvalue weighted by Crippen LogP contribution is -2.51. The Bertz CT molecular complexity index is 825. The molecule has 2 aliphatic carbocycles. The van der Waals surface area contributed by atoms with Crippen LogP contribution in [0.25, 0.3) is 0 Å². The quantitative estimate of drug-likeness (QED) is 0.546. The first-order valence-electron chi connectivity index (χ1n) is 12.7. The predicted molar refractivity (Wildman–Crippen MR) is 123 cm³/mol. The Hall–Kier alpha value is -1.92. The van der Waals surface area contributed by atoms with Crippen molar-refractivity contribution >= 4 is 11.8 Å². The van der Waals surface area contributed by atoms with Crippen LogP contribution in [0.1, 0.15) is 56.1 Å². The van der Waals surface area contributed by atoms with Gasteiger partial charge in [-0.3, -0.25) is 19.4 Å². The largest absolute Gasteiger partial charge is 0.508 e.